The lowest BCUT2D eigenvalue weighted by Gasteiger charge is -2.08. The van der Waals surface area contributed by atoms with Crippen LogP contribution in [0.4, 0.5) is 10.5 Å². The lowest BCUT2D eigenvalue weighted by molar-refractivity contribution is -0.123. The van der Waals surface area contributed by atoms with Gasteiger partial charge in [-0.05, 0) is 18.2 Å². The number of benzene rings is 1. The van der Waals surface area contributed by atoms with Gasteiger partial charge in [-0.2, -0.15) is 0 Å². The van der Waals surface area contributed by atoms with Crippen LogP contribution in [-0.4, -0.2) is 44.8 Å². The van der Waals surface area contributed by atoms with Gasteiger partial charge in [-0.25, -0.2) is 9.59 Å². The summed E-state index contributed by atoms with van der Waals surface area (Å²) in [6, 6.07) is 3.99. The lowest BCUT2D eigenvalue weighted by atomic mass is 10.2. The van der Waals surface area contributed by atoms with E-state index in [-0.39, 0.29) is 17.8 Å². The number of nitrogens with two attached hydrogens (primary N) is 1. The van der Waals surface area contributed by atoms with E-state index in [1.807, 2.05) is 5.32 Å². The third kappa shape index (κ3) is 6.10. The molecule has 0 saturated carbocycles. The molecule has 3 amide bonds. The van der Waals surface area contributed by atoms with Gasteiger partial charge in [0.05, 0.1) is 12.2 Å². The predicted octanol–water partition coefficient (Wildman–Crippen LogP) is 0.660. The molecule has 0 radical (unpaired) electrons. The second kappa shape index (κ2) is 9.00. The second-order valence-corrected chi connectivity index (χ2v) is 5.02. The average Bonchev–Trinajstić information content (AvgIpc) is 2.47. The number of amides is 3. The van der Waals surface area contributed by atoms with Crippen LogP contribution in [0.2, 0.25) is 0 Å². The highest BCUT2D eigenvalue weighted by Crippen LogP contribution is 2.19. The van der Waals surface area contributed by atoms with Crippen molar-refractivity contribution in [1.82, 2.24) is 10.6 Å². The third-order valence-corrected chi connectivity index (χ3v) is 2.91. The molecule has 0 aromatic heterocycles. The number of carbonyl (C=O) groups is 3. The summed E-state index contributed by atoms with van der Waals surface area (Å²) in [6.45, 7) is -0.0226. The molecule has 9 heteroatoms. The number of halogens is 1. The monoisotopic (exact) mass is 373 g/mol. The molecule has 0 aliphatic heterocycles. The number of anilines is 1. The fourth-order valence-corrected chi connectivity index (χ4v) is 1.75. The first-order valence-corrected chi connectivity index (χ1v) is 7.02. The SMILES string of the molecule is COCCNC(=O)NC(=O)COC(=O)c1cc(Br)ccc1N. The molecule has 1 aromatic rings. The molecule has 0 fully saturated rings. The summed E-state index contributed by atoms with van der Waals surface area (Å²) in [4.78, 5) is 34.5. The molecule has 1 rings (SSSR count). The summed E-state index contributed by atoms with van der Waals surface area (Å²) in [7, 11) is 1.48. The van der Waals surface area contributed by atoms with Crippen LogP contribution in [0.25, 0.3) is 0 Å². The van der Waals surface area contributed by atoms with Crippen molar-refractivity contribution in [3.63, 3.8) is 0 Å². The standard InChI is InChI=1S/C13H16BrN3O5/c1-21-5-4-16-13(20)17-11(18)7-22-12(19)9-6-8(14)2-3-10(9)15/h2-3,6H,4-5,7,15H2,1H3,(H2,16,17,18,20). The van der Waals surface area contributed by atoms with Gasteiger partial charge >= 0.3 is 12.0 Å². The molecule has 1 aromatic carbocycles. The van der Waals surface area contributed by atoms with Gasteiger partial charge in [-0.3, -0.25) is 10.1 Å². The first kappa shape index (κ1) is 17.9. The van der Waals surface area contributed by atoms with Gasteiger partial charge in [0.15, 0.2) is 6.61 Å². The second-order valence-electron chi connectivity index (χ2n) is 4.10. The number of imide groups is 1. The van der Waals surface area contributed by atoms with E-state index in [4.69, 9.17) is 15.2 Å². The minimum absolute atomic E-state index is 0.131. The Kier molecular flexibility index (Phi) is 7.33. The number of esters is 1. The molecule has 0 aliphatic rings. The van der Waals surface area contributed by atoms with Crippen molar-refractivity contribution in [3.05, 3.63) is 28.2 Å². The van der Waals surface area contributed by atoms with Crippen LogP contribution < -0.4 is 16.4 Å². The van der Waals surface area contributed by atoms with Crippen LogP contribution in [0.5, 0.6) is 0 Å². The smallest absolute Gasteiger partial charge is 0.340 e. The van der Waals surface area contributed by atoms with E-state index in [0.717, 1.165) is 0 Å². The Bertz CT molecular complexity index is 565. The molecule has 0 atom stereocenters. The number of hydrogen-bond donors (Lipinski definition) is 3. The van der Waals surface area contributed by atoms with E-state index in [1.165, 1.54) is 19.2 Å². The molecular weight excluding hydrogens is 358 g/mol. The Morgan fingerprint density at radius 3 is 2.73 bits per heavy atom. The molecular formula is C13H16BrN3O5. The molecule has 0 saturated heterocycles. The maximum atomic E-state index is 11.8. The zero-order valence-electron chi connectivity index (χ0n) is 11.8. The van der Waals surface area contributed by atoms with Crippen LogP contribution in [0.1, 0.15) is 10.4 Å². The Morgan fingerprint density at radius 2 is 2.05 bits per heavy atom. The number of urea groups is 1. The number of methoxy groups -OCH3 is 1. The Balaban J connectivity index is 2.42. The van der Waals surface area contributed by atoms with Crippen molar-refractivity contribution in [2.75, 3.05) is 32.6 Å². The summed E-state index contributed by atoms with van der Waals surface area (Å²) in [5.74, 6) is -1.51. The van der Waals surface area contributed by atoms with Crippen LogP contribution in [0, 0.1) is 0 Å². The largest absolute Gasteiger partial charge is 0.452 e. The minimum atomic E-state index is -0.756. The summed E-state index contributed by atoms with van der Waals surface area (Å²) < 4.78 is 10.2. The summed E-state index contributed by atoms with van der Waals surface area (Å²) in [6.07, 6.45) is 0. The Labute approximate surface area is 135 Å². The van der Waals surface area contributed by atoms with Gasteiger partial charge in [0.1, 0.15) is 0 Å². The van der Waals surface area contributed by atoms with Crippen molar-refractivity contribution in [2.45, 2.75) is 0 Å². The summed E-state index contributed by atoms with van der Waals surface area (Å²) in [5.41, 5.74) is 6.01. The first-order valence-electron chi connectivity index (χ1n) is 6.22. The van der Waals surface area contributed by atoms with E-state index < -0.39 is 24.5 Å². The maximum Gasteiger partial charge on any atom is 0.340 e. The van der Waals surface area contributed by atoms with Crippen molar-refractivity contribution < 1.29 is 23.9 Å². The topological polar surface area (TPSA) is 120 Å². The highest BCUT2D eigenvalue weighted by atomic mass is 79.9. The zero-order valence-corrected chi connectivity index (χ0v) is 13.4. The van der Waals surface area contributed by atoms with Crippen LogP contribution in [-0.2, 0) is 14.3 Å². The number of nitrogen functional groups attached to an aromatic ring is 1. The van der Waals surface area contributed by atoms with Crippen LogP contribution >= 0.6 is 15.9 Å². The number of nitrogens with one attached hydrogen (secondary N) is 2. The number of carbonyl (C=O) groups excluding carboxylic acids is 3. The summed E-state index contributed by atoms with van der Waals surface area (Å²) >= 11 is 3.20. The minimum Gasteiger partial charge on any atom is -0.452 e. The van der Waals surface area contributed by atoms with Crippen molar-refractivity contribution in [3.8, 4) is 0 Å². The number of rotatable bonds is 6. The highest BCUT2D eigenvalue weighted by molar-refractivity contribution is 9.10. The zero-order chi connectivity index (χ0) is 16.5. The number of ether oxygens (including phenoxy) is 2. The van der Waals surface area contributed by atoms with Gasteiger partial charge in [-0.1, -0.05) is 15.9 Å². The molecule has 22 heavy (non-hydrogen) atoms. The Hall–Kier alpha value is -2.13. The van der Waals surface area contributed by atoms with E-state index >= 15 is 0 Å². The normalized spacial score (nSPS) is 9.91. The lowest BCUT2D eigenvalue weighted by Crippen LogP contribution is -2.42. The van der Waals surface area contributed by atoms with Gasteiger partial charge in [0, 0.05) is 23.8 Å². The number of hydrogen-bond acceptors (Lipinski definition) is 6. The molecule has 0 heterocycles. The fourth-order valence-electron chi connectivity index (χ4n) is 1.39. The molecule has 0 aliphatic carbocycles. The highest BCUT2D eigenvalue weighted by Gasteiger charge is 2.15. The van der Waals surface area contributed by atoms with Gasteiger partial charge in [-0.15, -0.1) is 0 Å². The maximum absolute atomic E-state index is 11.8. The molecule has 0 spiro atoms. The molecule has 0 unspecified atom stereocenters. The van der Waals surface area contributed by atoms with Gasteiger partial charge in [0.25, 0.3) is 5.91 Å². The molecule has 8 nitrogen and oxygen atoms in total. The molecule has 120 valence electrons. The van der Waals surface area contributed by atoms with Crippen LogP contribution in [0.3, 0.4) is 0 Å². The quantitative estimate of drug-likeness (QED) is 0.382. The van der Waals surface area contributed by atoms with Gasteiger partial charge < -0.3 is 20.5 Å². The average molecular weight is 374 g/mol. The van der Waals surface area contributed by atoms with Crippen molar-refractivity contribution >= 4 is 39.5 Å². The van der Waals surface area contributed by atoms with Gasteiger partial charge in [0.2, 0.25) is 0 Å². The molecule has 4 N–H and O–H groups in total. The van der Waals surface area contributed by atoms with Crippen molar-refractivity contribution in [2.24, 2.45) is 0 Å². The van der Waals surface area contributed by atoms with E-state index in [2.05, 4.69) is 21.2 Å². The molecule has 0 bridgehead atoms. The predicted molar refractivity (Wildman–Crippen MR) is 82.3 cm³/mol. The fraction of sp³-hybridized carbons (Fsp3) is 0.308. The van der Waals surface area contributed by atoms with Crippen molar-refractivity contribution in [1.29, 1.82) is 0 Å². The first-order chi connectivity index (χ1) is 10.4. The van der Waals surface area contributed by atoms with E-state index in [1.54, 1.807) is 6.07 Å². The third-order valence-electron chi connectivity index (χ3n) is 2.41. The van der Waals surface area contributed by atoms with E-state index in [9.17, 15) is 14.4 Å². The Morgan fingerprint density at radius 1 is 1.32 bits per heavy atom. The summed E-state index contributed by atoms with van der Waals surface area (Å²) in [5, 5.41) is 4.40. The van der Waals surface area contributed by atoms with Crippen LogP contribution in [0.15, 0.2) is 22.7 Å². The van der Waals surface area contributed by atoms with E-state index in [0.29, 0.717) is 11.1 Å².